The van der Waals surface area contributed by atoms with Gasteiger partial charge < -0.3 is 5.32 Å². The first-order chi connectivity index (χ1) is 8.33. The van der Waals surface area contributed by atoms with Crippen molar-refractivity contribution in [1.29, 1.82) is 0 Å². The lowest BCUT2D eigenvalue weighted by Crippen LogP contribution is -2.47. The van der Waals surface area contributed by atoms with Gasteiger partial charge in [-0.1, -0.05) is 20.3 Å². The van der Waals surface area contributed by atoms with Gasteiger partial charge in [0, 0.05) is 5.38 Å². The second kappa shape index (κ2) is 6.31. The Balaban J connectivity index is 2.79. The third-order valence-electron chi connectivity index (χ3n) is 2.63. The molecule has 7 heteroatoms. The fourth-order valence-electron chi connectivity index (χ4n) is 1.45. The van der Waals surface area contributed by atoms with Crippen molar-refractivity contribution in [3.05, 3.63) is 16.8 Å². The van der Waals surface area contributed by atoms with Gasteiger partial charge in [-0.2, -0.15) is 11.3 Å². The number of sulfonamides is 1. The number of carbonyl (C=O) groups is 1. The molecule has 0 aliphatic rings. The second-order valence-electron chi connectivity index (χ2n) is 4.25. The highest BCUT2D eigenvalue weighted by Crippen LogP contribution is 2.15. The van der Waals surface area contributed by atoms with E-state index in [0.717, 1.165) is 6.26 Å². The van der Waals surface area contributed by atoms with E-state index in [-0.39, 0.29) is 11.8 Å². The monoisotopic (exact) mass is 290 g/mol. The van der Waals surface area contributed by atoms with Crippen LogP contribution >= 0.6 is 11.3 Å². The molecular formula is C11H18N2O3S2. The number of hydrogen-bond donors (Lipinski definition) is 2. The van der Waals surface area contributed by atoms with Crippen LogP contribution in [0.3, 0.4) is 0 Å². The molecule has 2 atom stereocenters. The van der Waals surface area contributed by atoms with E-state index >= 15 is 0 Å². The summed E-state index contributed by atoms with van der Waals surface area (Å²) in [5.74, 6) is -0.397. The third kappa shape index (κ3) is 4.75. The smallest absolute Gasteiger partial charge is 0.242 e. The molecule has 1 heterocycles. The van der Waals surface area contributed by atoms with Crippen molar-refractivity contribution in [2.24, 2.45) is 5.92 Å². The molecule has 1 rings (SSSR count). The minimum Gasteiger partial charge on any atom is -0.324 e. The molecule has 2 N–H and O–H groups in total. The molecule has 0 bridgehead atoms. The Bertz CT molecular complexity index is 482. The average molecular weight is 290 g/mol. The first-order valence-electron chi connectivity index (χ1n) is 5.64. The zero-order valence-electron chi connectivity index (χ0n) is 10.6. The van der Waals surface area contributed by atoms with E-state index in [4.69, 9.17) is 0 Å². The largest absolute Gasteiger partial charge is 0.324 e. The molecule has 0 saturated carbocycles. The lowest BCUT2D eigenvalue weighted by molar-refractivity contribution is -0.118. The number of amides is 1. The number of hydrogen-bond acceptors (Lipinski definition) is 4. The molecule has 0 fully saturated rings. The van der Waals surface area contributed by atoms with Gasteiger partial charge in [-0.05, 0) is 17.4 Å². The first kappa shape index (κ1) is 15.1. The van der Waals surface area contributed by atoms with Gasteiger partial charge in [0.1, 0.15) is 6.04 Å². The Morgan fingerprint density at radius 2 is 2.17 bits per heavy atom. The molecule has 0 unspecified atom stereocenters. The summed E-state index contributed by atoms with van der Waals surface area (Å²) < 4.78 is 24.9. The van der Waals surface area contributed by atoms with Crippen LogP contribution in [-0.4, -0.2) is 26.6 Å². The molecule has 0 aromatic carbocycles. The highest BCUT2D eigenvalue weighted by Gasteiger charge is 2.27. The summed E-state index contributed by atoms with van der Waals surface area (Å²) in [6.07, 6.45) is 1.77. The molecule has 0 aliphatic carbocycles. The number of carbonyl (C=O) groups excluding carboxylic acids is 1. The molecule has 1 aromatic heterocycles. The summed E-state index contributed by atoms with van der Waals surface area (Å²) >= 11 is 1.47. The Morgan fingerprint density at radius 1 is 1.50 bits per heavy atom. The number of anilines is 1. The van der Waals surface area contributed by atoms with E-state index in [1.165, 1.54) is 11.3 Å². The van der Waals surface area contributed by atoms with Crippen molar-refractivity contribution >= 4 is 33.0 Å². The standard InChI is InChI=1S/C11H18N2O3S2/c1-4-8(2)10(13-18(3,15)16)11(14)12-9-5-6-17-7-9/h5-8,10,13H,4H2,1-3H3,(H,12,14)/t8-,10+/m0/s1. The summed E-state index contributed by atoms with van der Waals surface area (Å²) in [6.45, 7) is 3.76. The van der Waals surface area contributed by atoms with Gasteiger partial charge in [0.15, 0.2) is 0 Å². The van der Waals surface area contributed by atoms with Crippen LogP contribution in [0, 0.1) is 5.92 Å². The Hall–Kier alpha value is -0.920. The zero-order valence-corrected chi connectivity index (χ0v) is 12.3. The SMILES string of the molecule is CC[C@H](C)[C@@H](NS(C)(=O)=O)C(=O)Nc1ccsc1. The van der Waals surface area contributed by atoms with Crippen LogP contribution in [0.25, 0.3) is 0 Å². The van der Waals surface area contributed by atoms with Gasteiger partial charge in [-0.25, -0.2) is 13.1 Å². The molecule has 1 amide bonds. The van der Waals surface area contributed by atoms with Crippen molar-refractivity contribution in [3.8, 4) is 0 Å². The first-order valence-corrected chi connectivity index (χ1v) is 8.47. The number of nitrogens with one attached hydrogen (secondary N) is 2. The number of rotatable bonds is 6. The van der Waals surface area contributed by atoms with Crippen LogP contribution in [0.5, 0.6) is 0 Å². The molecule has 102 valence electrons. The van der Waals surface area contributed by atoms with Crippen molar-refractivity contribution < 1.29 is 13.2 Å². The quantitative estimate of drug-likeness (QED) is 0.836. The van der Waals surface area contributed by atoms with Crippen LogP contribution in [0.4, 0.5) is 5.69 Å². The molecule has 0 aliphatic heterocycles. The molecule has 0 saturated heterocycles. The summed E-state index contributed by atoms with van der Waals surface area (Å²) in [5, 5.41) is 6.35. The highest BCUT2D eigenvalue weighted by atomic mass is 32.2. The molecule has 5 nitrogen and oxygen atoms in total. The van der Waals surface area contributed by atoms with Crippen molar-refractivity contribution in [1.82, 2.24) is 4.72 Å². The van der Waals surface area contributed by atoms with E-state index in [2.05, 4.69) is 10.0 Å². The van der Waals surface area contributed by atoms with Crippen molar-refractivity contribution in [2.45, 2.75) is 26.3 Å². The lowest BCUT2D eigenvalue weighted by atomic mass is 9.99. The van der Waals surface area contributed by atoms with E-state index < -0.39 is 16.1 Å². The minimum atomic E-state index is -3.41. The van der Waals surface area contributed by atoms with Gasteiger partial charge >= 0.3 is 0 Å². The Morgan fingerprint density at radius 3 is 2.61 bits per heavy atom. The average Bonchev–Trinajstić information content (AvgIpc) is 2.76. The number of thiophene rings is 1. The highest BCUT2D eigenvalue weighted by molar-refractivity contribution is 7.88. The van der Waals surface area contributed by atoms with E-state index in [1.807, 2.05) is 19.2 Å². The third-order valence-corrected chi connectivity index (χ3v) is 3.99. The van der Waals surface area contributed by atoms with Crippen LogP contribution < -0.4 is 10.0 Å². The zero-order chi connectivity index (χ0) is 13.8. The predicted molar refractivity (Wildman–Crippen MR) is 74.2 cm³/mol. The van der Waals surface area contributed by atoms with Crippen LogP contribution in [0.15, 0.2) is 16.8 Å². The van der Waals surface area contributed by atoms with Gasteiger partial charge in [0.25, 0.3) is 0 Å². The summed E-state index contributed by atoms with van der Waals surface area (Å²) in [7, 11) is -3.41. The second-order valence-corrected chi connectivity index (χ2v) is 6.81. The van der Waals surface area contributed by atoms with Crippen molar-refractivity contribution in [3.63, 3.8) is 0 Å². The maximum Gasteiger partial charge on any atom is 0.242 e. The Labute approximate surface area is 112 Å². The summed E-state index contributed by atoms with van der Waals surface area (Å²) in [5.41, 5.74) is 0.689. The molecule has 18 heavy (non-hydrogen) atoms. The minimum absolute atomic E-state index is 0.0710. The van der Waals surface area contributed by atoms with Gasteiger partial charge in [-0.15, -0.1) is 0 Å². The van der Waals surface area contributed by atoms with Crippen LogP contribution in [0.2, 0.25) is 0 Å². The fraction of sp³-hybridized carbons (Fsp3) is 0.545. The van der Waals surface area contributed by atoms with E-state index in [1.54, 1.807) is 11.4 Å². The van der Waals surface area contributed by atoms with Gasteiger partial charge in [0.2, 0.25) is 15.9 Å². The predicted octanol–water partition coefficient (Wildman–Crippen LogP) is 1.65. The fourth-order valence-corrected chi connectivity index (χ4v) is 2.84. The Kier molecular flexibility index (Phi) is 5.30. The maximum atomic E-state index is 12.1. The normalized spacial score (nSPS) is 15.1. The summed E-state index contributed by atoms with van der Waals surface area (Å²) in [4.78, 5) is 12.1. The van der Waals surface area contributed by atoms with Gasteiger partial charge in [-0.3, -0.25) is 4.79 Å². The maximum absolute atomic E-state index is 12.1. The van der Waals surface area contributed by atoms with E-state index in [0.29, 0.717) is 12.1 Å². The van der Waals surface area contributed by atoms with Crippen LogP contribution in [0.1, 0.15) is 20.3 Å². The van der Waals surface area contributed by atoms with Gasteiger partial charge in [0.05, 0.1) is 11.9 Å². The van der Waals surface area contributed by atoms with E-state index in [9.17, 15) is 13.2 Å². The summed E-state index contributed by atoms with van der Waals surface area (Å²) in [6, 6.07) is 1.03. The lowest BCUT2D eigenvalue weighted by Gasteiger charge is -2.22. The molecule has 1 aromatic rings. The molecule has 0 radical (unpaired) electrons. The van der Waals surface area contributed by atoms with Crippen molar-refractivity contribution in [2.75, 3.05) is 11.6 Å². The topological polar surface area (TPSA) is 75.3 Å². The molecule has 0 spiro atoms. The molecular weight excluding hydrogens is 272 g/mol. The van der Waals surface area contributed by atoms with Crippen LogP contribution in [-0.2, 0) is 14.8 Å².